The number of hydrogen-bond acceptors (Lipinski definition) is 5. The number of nitrogens with one attached hydrogen (secondary N) is 1. The molecule has 0 spiro atoms. The van der Waals surface area contributed by atoms with Crippen LogP contribution in [0.3, 0.4) is 0 Å². The molecule has 7 heteroatoms. The summed E-state index contributed by atoms with van der Waals surface area (Å²) in [6, 6.07) is 20.2. The van der Waals surface area contributed by atoms with Crippen molar-refractivity contribution in [2.75, 3.05) is 6.26 Å². The third-order valence-electron chi connectivity index (χ3n) is 5.05. The molecule has 0 amide bonds. The quantitative estimate of drug-likeness (QED) is 0.451. The van der Waals surface area contributed by atoms with Crippen LogP contribution in [0.1, 0.15) is 24.6 Å². The molecule has 2 aromatic carbocycles. The van der Waals surface area contributed by atoms with Gasteiger partial charge in [-0.2, -0.15) is 5.21 Å². The van der Waals surface area contributed by atoms with Gasteiger partial charge in [0.1, 0.15) is 0 Å². The Bertz CT molecular complexity index is 1180. The van der Waals surface area contributed by atoms with Crippen molar-refractivity contribution >= 4 is 11.8 Å². The van der Waals surface area contributed by atoms with Gasteiger partial charge in [-0.05, 0) is 40.6 Å². The summed E-state index contributed by atoms with van der Waals surface area (Å²) in [5, 5.41) is 14.4. The van der Waals surface area contributed by atoms with Gasteiger partial charge in [-0.3, -0.25) is 4.79 Å². The predicted octanol–water partition coefficient (Wildman–Crippen LogP) is 4.42. The molecular formula is C23H23N5OS. The van der Waals surface area contributed by atoms with E-state index >= 15 is 0 Å². The van der Waals surface area contributed by atoms with E-state index in [9.17, 15) is 4.79 Å². The Balaban J connectivity index is 1.64. The molecule has 2 heterocycles. The van der Waals surface area contributed by atoms with Crippen LogP contribution in [-0.2, 0) is 13.0 Å². The van der Waals surface area contributed by atoms with Crippen molar-refractivity contribution in [3.05, 3.63) is 82.3 Å². The first-order valence-electron chi connectivity index (χ1n) is 9.89. The Kier molecular flexibility index (Phi) is 6.09. The van der Waals surface area contributed by atoms with Gasteiger partial charge in [0.25, 0.3) is 5.56 Å². The summed E-state index contributed by atoms with van der Waals surface area (Å²) >= 11 is 1.61. The number of hydrogen-bond donors (Lipinski definition) is 1. The van der Waals surface area contributed by atoms with Crippen LogP contribution in [0.2, 0.25) is 0 Å². The average molecular weight is 418 g/mol. The lowest BCUT2D eigenvalue weighted by Gasteiger charge is -2.14. The molecule has 6 nitrogen and oxygen atoms in total. The van der Waals surface area contributed by atoms with Gasteiger partial charge in [0.15, 0.2) is 0 Å². The first-order valence-corrected chi connectivity index (χ1v) is 11.1. The molecule has 4 rings (SSSR count). The molecule has 1 N–H and O–H groups in total. The third-order valence-corrected chi connectivity index (χ3v) is 5.76. The monoisotopic (exact) mass is 417 g/mol. The minimum absolute atomic E-state index is 0.0526. The van der Waals surface area contributed by atoms with E-state index in [1.165, 1.54) is 0 Å². The van der Waals surface area contributed by atoms with E-state index < -0.39 is 0 Å². The van der Waals surface area contributed by atoms with Crippen molar-refractivity contribution in [2.45, 2.75) is 31.2 Å². The van der Waals surface area contributed by atoms with Crippen LogP contribution in [-0.4, -0.2) is 31.4 Å². The van der Waals surface area contributed by atoms with Crippen molar-refractivity contribution in [3.8, 4) is 22.5 Å². The van der Waals surface area contributed by atoms with Crippen molar-refractivity contribution in [2.24, 2.45) is 0 Å². The van der Waals surface area contributed by atoms with Crippen LogP contribution in [0.5, 0.6) is 0 Å². The van der Waals surface area contributed by atoms with Gasteiger partial charge in [0.2, 0.25) is 5.82 Å². The minimum Gasteiger partial charge on any atom is -0.308 e. The number of aromatic amines is 1. The third kappa shape index (κ3) is 4.21. The number of pyridine rings is 1. The molecule has 152 valence electrons. The van der Waals surface area contributed by atoms with E-state index in [1.54, 1.807) is 17.8 Å². The molecule has 0 bridgehead atoms. The lowest BCUT2D eigenvalue weighted by Crippen LogP contribution is -2.23. The number of aryl methyl sites for hydroxylation is 1. The first kappa shape index (κ1) is 20.1. The molecule has 0 aliphatic rings. The number of aromatic nitrogens is 5. The summed E-state index contributed by atoms with van der Waals surface area (Å²) in [5.41, 5.74) is 5.26. The molecule has 0 unspecified atom stereocenters. The number of rotatable bonds is 7. The van der Waals surface area contributed by atoms with E-state index in [1.807, 2.05) is 35.1 Å². The number of H-pyrrole nitrogens is 1. The molecule has 0 fully saturated rings. The summed E-state index contributed by atoms with van der Waals surface area (Å²) in [6.45, 7) is 2.70. The van der Waals surface area contributed by atoms with Gasteiger partial charge in [0, 0.05) is 22.2 Å². The smallest absolute Gasteiger partial charge is 0.252 e. The van der Waals surface area contributed by atoms with Gasteiger partial charge in [-0.1, -0.05) is 61.9 Å². The molecule has 0 saturated heterocycles. The Morgan fingerprint density at radius 1 is 1.03 bits per heavy atom. The second-order valence-electron chi connectivity index (χ2n) is 7.04. The van der Waals surface area contributed by atoms with Crippen LogP contribution in [0.15, 0.2) is 70.4 Å². The standard InChI is InChI=1S/C23H23N5OS/c1-3-6-18-13-19(30-2)14-22(29)28(18)15-16-9-11-17(12-10-16)20-7-4-5-8-21(20)23-24-26-27-25-23/h4-5,7-14H,3,6,15H2,1-2H3,(H,24,25,26,27). The second kappa shape index (κ2) is 9.09. The van der Waals surface area contributed by atoms with Crippen LogP contribution in [0, 0.1) is 0 Å². The number of benzene rings is 2. The summed E-state index contributed by atoms with van der Waals surface area (Å²) in [5.74, 6) is 0.569. The topological polar surface area (TPSA) is 76.5 Å². The maximum absolute atomic E-state index is 12.7. The first-order chi connectivity index (χ1) is 14.7. The molecule has 4 aromatic rings. The van der Waals surface area contributed by atoms with E-state index in [4.69, 9.17) is 0 Å². The second-order valence-corrected chi connectivity index (χ2v) is 7.92. The van der Waals surface area contributed by atoms with Gasteiger partial charge in [0.05, 0.1) is 6.54 Å². The fraction of sp³-hybridized carbons (Fsp3) is 0.217. The van der Waals surface area contributed by atoms with E-state index in [2.05, 4.69) is 57.9 Å². The lowest BCUT2D eigenvalue weighted by atomic mass is 9.98. The van der Waals surface area contributed by atoms with Gasteiger partial charge >= 0.3 is 0 Å². The minimum atomic E-state index is 0.0526. The van der Waals surface area contributed by atoms with E-state index in [0.717, 1.165) is 45.7 Å². The highest BCUT2D eigenvalue weighted by Gasteiger charge is 2.11. The highest BCUT2D eigenvalue weighted by atomic mass is 32.2. The molecule has 2 aromatic heterocycles. The fourth-order valence-corrected chi connectivity index (χ4v) is 4.04. The predicted molar refractivity (Wildman–Crippen MR) is 121 cm³/mol. The molecule has 0 saturated carbocycles. The maximum atomic E-state index is 12.7. The van der Waals surface area contributed by atoms with Crippen LogP contribution >= 0.6 is 11.8 Å². The molecule has 0 aliphatic carbocycles. The molecular weight excluding hydrogens is 394 g/mol. The largest absolute Gasteiger partial charge is 0.308 e. The van der Waals surface area contributed by atoms with Crippen LogP contribution < -0.4 is 5.56 Å². The summed E-state index contributed by atoms with van der Waals surface area (Å²) < 4.78 is 1.88. The molecule has 0 atom stereocenters. The Labute approximate surface area is 179 Å². The Morgan fingerprint density at radius 2 is 1.80 bits per heavy atom. The lowest BCUT2D eigenvalue weighted by molar-refractivity contribution is 0.681. The zero-order valence-corrected chi connectivity index (χ0v) is 17.8. The Morgan fingerprint density at radius 3 is 2.47 bits per heavy atom. The van der Waals surface area contributed by atoms with E-state index in [0.29, 0.717) is 12.4 Å². The molecule has 0 radical (unpaired) electrons. The normalized spacial score (nSPS) is 11.0. The maximum Gasteiger partial charge on any atom is 0.252 e. The fourth-order valence-electron chi connectivity index (χ4n) is 3.56. The van der Waals surface area contributed by atoms with Gasteiger partial charge in [-0.25, -0.2) is 0 Å². The number of thioether (sulfide) groups is 1. The van der Waals surface area contributed by atoms with Crippen molar-refractivity contribution in [1.29, 1.82) is 0 Å². The van der Waals surface area contributed by atoms with Crippen molar-refractivity contribution in [1.82, 2.24) is 25.2 Å². The van der Waals surface area contributed by atoms with Crippen LogP contribution in [0.25, 0.3) is 22.5 Å². The zero-order chi connectivity index (χ0) is 20.9. The highest BCUT2D eigenvalue weighted by Crippen LogP contribution is 2.29. The highest BCUT2D eigenvalue weighted by molar-refractivity contribution is 7.98. The van der Waals surface area contributed by atoms with Crippen LogP contribution in [0.4, 0.5) is 0 Å². The van der Waals surface area contributed by atoms with E-state index in [-0.39, 0.29) is 5.56 Å². The molecule has 30 heavy (non-hydrogen) atoms. The average Bonchev–Trinajstić information content (AvgIpc) is 3.31. The summed E-state index contributed by atoms with van der Waals surface area (Å²) in [4.78, 5) is 13.7. The van der Waals surface area contributed by atoms with Crippen molar-refractivity contribution in [3.63, 3.8) is 0 Å². The number of tetrazole rings is 1. The zero-order valence-electron chi connectivity index (χ0n) is 17.0. The molecule has 0 aliphatic heterocycles. The Hall–Kier alpha value is -3.19. The number of nitrogens with zero attached hydrogens (tertiary/aromatic N) is 4. The van der Waals surface area contributed by atoms with Crippen molar-refractivity contribution < 1.29 is 0 Å². The van der Waals surface area contributed by atoms with Gasteiger partial charge < -0.3 is 4.57 Å². The summed E-state index contributed by atoms with van der Waals surface area (Å²) in [7, 11) is 0. The SMILES string of the molecule is CCCc1cc(SC)cc(=O)n1Cc1ccc(-c2ccccc2-c2nn[nH]n2)cc1. The van der Waals surface area contributed by atoms with Gasteiger partial charge in [-0.15, -0.1) is 22.0 Å². The summed E-state index contributed by atoms with van der Waals surface area (Å²) in [6.07, 6.45) is 3.89.